The van der Waals surface area contributed by atoms with Crippen LogP contribution in [0.3, 0.4) is 0 Å². The summed E-state index contributed by atoms with van der Waals surface area (Å²) in [5.41, 5.74) is 3.16. The molecule has 0 spiro atoms. The van der Waals surface area contributed by atoms with Crippen molar-refractivity contribution in [3.8, 4) is 0 Å². The summed E-state index contributed by atoms with van der Waals surface area (Å²) >= 11 is 3.52. The monoisotopic (exact) mass is 334 g/mol. The quantitative estimate of drug-likeness (QED) is 0.838. The maximum absolute atomic E-state index is 5.73. The molecule has 0 saturated carbocycles. The Bertz CT molecular complexity index is 546. The number of ether oxygens (including phenoxy) is 1. The predicted molar refractivity (Wildman–Crippen MR) is 84.3 cm³/mol. The first-order chi connectivity index (χ1) is 9.79. The van der Waals surface area contributed by atoms with E-state index in [0.717, 1.165) is 34.5 Å². The molecule has 0 radical (unpaired) electrons. The third kappa shape index (κ3) is 4.71. The molecule has 1 N–H and O–H groups in total. The van der Waals surface area contributed by atoms with E-state index in [1.165, 1.54) is 0 Å². The number of hydrogen-bond acceptors (Lipinski definition) is 3. The standard InChI is InChI=1S/C16H19BrN2O/c1-2-18-10-14-7-5-8-15(19-14)12-20-11-13-6-3-4-9-16(13)17/h3-9,18H,2,10-12H2,1H3. The van der Waals surface area contributed by atoms with Gasteiger partial charge >= 0.3 is 0 Å². The topological polar surface area (TPSA) is 34.1 Å². The van der Waals surface area contributed by atoms with E-state index in [1.807, 2.05) is 36.4 Å². The first-order valence-corrected chi connectivity index (χ1v) is 7.55. The van der Waals surface area contributed by atoms with Crippen LogP contribution in [0.2, 0.25) is 0 Å². The molecule has 1 aromatic heterocycles. The highest BCUT2D eigenvalue weighted by atomic mass is 79.9. The van der Waals surface area contributed by atoms with Crippen LogP contribution in [-0.2, 0) is 24.5 Å². The van der Waals surface area contributed by atoms with Crippen LogP contribution in [0.25, 0.3) is 0 Å². The van der Waals surface area contributed by atoms with Gasteiger partial charge in [-0.25, -0.2) is 0 Å². The van der Waals surface area contributed by atoms with Crippen molar-refractivity contribution in [1.29, 1.82) is 0 Å². The highest BCUT2D eigenvalue weighted by Gasteiger charge is 2.01. The number of hydrogen-bond donors (Lipinski definition) is 1. The van der Waals surface area contributed by atoms with Gasteiger partial charge in [-0.3, -0.25) is 4.98 Å². The highest BCUT2D eigenvalue weighted by molar-refractivity contribution is 9.10. The summed E-state index contributed by atoms with van der Waals surface area (Å²) in [6.07, 6.45) is 0. The molecule has 0 amide bonds. The van der Waals surface area contributed by atoms with Crippen molar-refractivity contribution < 1.29 is 4.74 Å². The fourth-order valence-electron chi connectivity index (χ4n) is 1.84. The average Bonchev–Trinajstić information content (AvgIpc) is 2.48. The molecule has 3 nitrogen and oxygen atoms in total. The van der Waals surface area contributed by atoms with Crippen molar-refractivity contribution in [2.45, 2.75) is 26.7 Å². The van der Waals surface area contributed by atoms with Gasteiger partial charge in [-0.2, -0.15) is 0 Å². The summed E-state index contributed by atoms with van der Waals surface area (Å²) in [5, 5.41) is 3.27. The molecule has 0 aliphatic rings. The smallest absolute Gasteiger partial charge is 0.0892 e. The lowest BCUT2D eigenvalue weighted by Crippen LogP contribution is -2.13. The fraction of sp³-hybridized carbons (Fsp3) is 0.312. The Morgan fingerprint density at radius 2 is 1.85 bits per heavy atom. The molecule has 0 fully saturated rings. The molecule has 0 aliphatic heterocycles. The predicted octanol–water partition coefficient (Wildman–Crippen LogP) is 3.67. The van der Waals surface area contributed by atoms with E-state index >= 15 is 0 Å². The SMILES string of the molecule is CCNCc1cccc(COCc2ccccc2Br)n1. The van der Waals surface area contributed by atoms with Gasteiger partial charge in [0.25, 0.3) is 0 Å². The van der Waals surface area contributed by atoms with Crippen LogP contribution in [0.5, 0.6) is 0 Å². The molecule has 0 aliphatic carbocycles. The Hall–Kier alpha value is -1.23. The number of aromatic nitrogens is 1. The third-order valence-electron chi connectivity index (χ3n) is 2.89. The zero-order chi connectivity index (χ0) is 14.2. The minimum Gasteiger partial charge on any atom is -0.370 e. The second-order valence-electron chi connectivity index (χ2n) is 4.48. The molecule has 4 heteroatoms. The van der Waals surface area contributed by atoms with Gasteiger partial charge in [0, 0.05) is 11.0 Å². The Balaban J connectivity index is 1.86. The summed E-state index contributed by atoms with van der Waals surface area (Å²) in [6, 6.07) is 14.1. The molecule has 0 saturated heterocycles. The lowest BCUT2D eigenvalue weighted by Gasteiger charge is -2.07. The molecule has 106 valence electrons. The average molecular weight is 335 g/mol. The normalized spacial score (nSPS) is 10.7. The van der Waals surface area contributed by atoms with Crippen LogP contribution in [0, 0.1) is 0 Å². The van der Waals surface area contributed by atoms with Gasteiger partial charge in [0.2, 0.25) is 0 Å². The second-order valence-corrected chi connectivity index (χ2v) is 5.34. The van der Waals surface area contributed by atoms with E-state index in [9.17, 15) is 0 Å². The minimum absolute atomic E-state index is 0.529. The molecule has 2 rings (SSSR count). The van der Waals surface area contributed by atoms with Gasteiger partial charge in [-0.05, 0) is 30.3 Å². The molecule has 1 aromatic carbocycles. The van der Waals surface area contributed by atoms with E-state index in [0.29, 0.717) is 13.2 Å². The van der Waals surface area contributed by atoms with Gasteiger partial charge in [0.1, 0.15) is 0 Å². The Labute approximate surface area is 128 Å². The van der Waals surface area contributed by atoms with Crippen LogP contribution in [0.4, 0.5) is 0 Å². The largest absolute Gasteiger partial charge is 0.370 e. The van der Waals surface area contributed by atoms with E-state index in [1.54, 1.807) is 0 Å². The minimum atomic E-state index is 0.529. The molecule has 2 aromatic rings. The summed E-state index contributed by atoms with van der Waals surface area (Å²) in [6.45, 7) is 4.95. The van der Waals surface area contributed by atoms with E-state index in [-0.39, 0.29) is 0 Å². The molecule has 20 heavy (non-hydrogen) atoms. The number of benzene rings is 1. The van der Waals surface area contributed by atoms with Crippen LogP contribution in [-0.4, -0.2) is 11.5 Å². The van der Waals surface area contributed by atoms with Crippen molar-refractivity contribution in [2.24, 2.45) is 0 Å². The zero-order valence-corrected chi connectivity index (χ0v) is 13.2. The molecule has 0 unspecified atom stereocenters. The summed E-state index contributed by atoms with van der Waals surface area (Å²) in [7, 11) is 0. The van der Waals surface area contributed by atoms with Crippen LogP contribution in [0.15, 0.2) is 46.9 Å². The first kappa shape index (κ1) is 15.2. The lowest BCUT2D eigenvalue weighted by atomic mass is 10.2. The first-order valence-electron chi connectivity index (χ1n) is 6.76. The fourth-order valence-corrected chi connectivity index (χ4v) is 2.24. The Morgan fingerprint density at radius 3 is 2.65 bits per heavy atom. The maximum atomic E-state index is 5.73. The van der Waals surface area contributed by atoms with Crippen molar-refractivity contribution in [1.82, 2.24) is 10.3 Å². The molecular weight excluding hydrogens is 316 g/mol. The van der Waals surface area contributed by atoms with Gasteiger partial charge in [0.05, 0.1) is 24.6 Å². The number of pyridine rings is 1. The Morgan fingerprint density at radius 1 is 1.05 bits per heavy atom. The van der Waals surface area contributed by atoms with Crippen molar-refractivity contribution in [3.63, 3.8) is 0 Å². The van der Waals surface area contributed by atoms with Gasteiger partial charge in [0.15, 0.2) is 0 Å². The summed E-state index contributed by atoms with van der Waals surface area (Å²) in [5.74, 6) is 0. The molecular formula is C16H19BrN2O. The number of halogens is 1. The maximum Gasteiger partial charge on any atom is 0.0892 e. The second kappa shape index (κ2) is 8.15. The third-order valence-corrected chi connectivity index (χ3v) is 3.66. The van der Waals surface area contributed by atoms with Gasteiger partial charge in [-0.15, -0.1) is 0 Å². The van der Waals surface area contributed by atoms with Gasteiger partial charge < -0.3 is 10.1 Å². The number of nitrogens with zero attached hydrogens (tertiary/aromatic N) is 1. The summed E-state index contributed by atoms with van der Waals surface area (Å²) in [4.78, 5) is 4.56. The molecule has 0 bridgehead atoms. The van der Waals surface area contributed by atoms with Crippen molar-refractivity contribution in [3.05, 3.63) is 63.9 Å². The Kier molecular flexibility index (Phi) is 6.18. The zero-order valence-electron chi connectivity index (χ0n) is 11.6. The highest BCUT2D eigenvalue weighted by Crippen LogP contribution is 2.17. The van der Waals surface area contributed by atoms with E-state index < -0.39 is 0 Å². The van der Waals surface area contributed by atoms with E-state index in [2.05, 4.69) is 39.2 Å². The van der Waals surface area contributed by atoms with Gasteiger partial charge in [-0.1, -0.05) is 47.1 Å². The number of nitrogens with one attached hydrogen (secondary N) is 1. The summed E-state index contributed by atoms with van der Waals surface area (Å²) < 4.78 is 6.81. The van der Waals surface area contributed by atoms with Crippen LogP contribution < -0.4 is 5.32 Å². The van der Waals surface area contributed by atoms with E-state index in [4.69, 9.17) is 4.74 Å². The molecule has 1 heterocycles. The van der Waals surface area contributed by atoms with Crippen molar-refractivity contribution in [2.75, 3.05) is 6.54 Å². The van der Waals surface area contributed by atoms with Crippen LogP contribution in [0.1, 0.15) is 23.9 Å². The van der Waals surface area contributed by atoms with Crippen LogP contribution >= 0.6 is 15.9 Å². The number of rotatable bonds is 7. The van der Waals surface area contributed by atoms with Crippen molar-refractivity contribution >= 4 is 15.9 Å². The molecule has 0 atom stereocenters. The lowest BCUT2D eigenvalue weighted by molar-refractivity contribution is 0.104.